The van der Waals surface area contributed by atoms with Gasteiger partial charge in [0.1, 0.15) is 5.02 Å². The summed E-state index contributed by atoms with van der Waals surface area (Å²) in [6, 6.07) is 3.75. The maximum Gasteiger partial charge on any atom is 0.303 e. The van der Waals surface area contributed by atoms with Crippen molar-refractivity contribution in [3.05, 3.63) is 51.3 Å². The predicted octanol–water partition coefficient (Wildman–Crippen LogP) is 2.56. The Balaban J connectivity index is 2.02. The molecular weight excluding hydrogens is 340 g/mol. The summed E-state index contributed by atoms with van der Waals surface area (Å²) < 4.78 is 1.50. The lowest BCUT2D eigenvalue weighted by atomic mass is 10.2. The van der Waals surface area contributed by atoms with E-state index in [2.05, 4.69) is 10.4 Å². The van der Waals surface area contributed by atoms with E-state index in [1.54, 1.807) is 6.20 Å². The van der Waals surface area contributed by atoms with E-state index < -0.39 is 16.8 Å². The largest absolute Gasteiger partial charge is 0.481 e. The van der Waals surface area contributed by atoms with Crippen LogP contribution < -0.4 is 5.32 Å². The Bertz CT molecular complexity index is 789. The molecule has 0 spiro atoms. The molecule has 0 radical (unpaired) electrons. The lowest BCUT2D eigenvalue weighted by Gasteiger charge is -2.03. The Morgan fingerprint density at radius 3 is 2.83 bits per heavy atom. The number of benzene rings is 1. The van der Waals surface area contributed by atoms with Gasteiger partial charge in [-0.1, -0.05) is 11.6 Å². The third-order valence-electron chi connectivity index (χ3n) is 3.07. The average Bonchev–Trinajstić information content (AvgIpc) is 2.94. The van der Waals surface area contributed by atoms with Crippen molar-refractivity contribution in [1.29, 1.82) is 0 Å². The molecule has 126 valence electrons. The number of hydrogen-bond donors (Lipinski definition) is 2. The van der Waals surface area contributed by atoms with Gasteiger partial charge < -0.3 is 10.4 Å². The number of carbonyl (C=O) groups is 2. The van der Waals surface area contributed by atoms with E-state index in [0.717, 1.165) is 6.07 Å². The minimum Gasteiger partial charge on any atom is -0.481 e. The zero-order valence-corrected chi connectivity index (χ0v) is 13.1. The molecule has 0 aliphatic carbocycles. The van der Waals surface area contributed by atoms with Crippen molar-refractivity contribution >= 4 is 34.9 Å². The molecule has 24 heavy (non-hydrogen) atoms. The van der Waals surface area contributed by atoms with E-state index in [9.17, 15) is 19.7 Å². The molecular formula is C14H13ClN4O5. The van der Waals surface area contributed by atoms with Crippen molar-refractivity contribution in [3.63, 3.8) is 0 Å². The number of nitro benzene ring substituents is 1. The maximum atomic E-state index is 12.1. The number of carboxylic acid groups (broad SMARTS) is 1. The van der Waals surface area contributed by atoms with Crippen molar-refractivity contribution in [2.75, 3.05) is 5.32 Å². The first-order valence-electron chi connectivity index (χ1n) is 6.86. The first-order chi connectivity index (χ1) is 11.4. The zero-order valence-electron chi connectivity index (χ0n) is 12.3. The van der Waals surface area contributed by atoms with Crippen molar-refractivity contribution in [2.45, 2.75) is 19.4 Å². The van der Waals surface area contributed by atoms with Gasteiger partial charge in [0, 0.05) is 30.8 Å². The molecule has 0 unspecified atom stereocenters. The smallest absolute Gasteiger partial charge is 0.303 e. The van der Waals surface area contributed by atoms with E-state index in [-0.39, 0.29) is 22.7 Å². The van der Waals surface area contributed by atoms with Crippen LogP contribution in [0, 0.1) is 10.1 Å². The monoisotopic (exact) mass is 352 g/mol. The second-order valence-corrected chi connectivity index (χ2v) is 5.27. The molecule has 0 fully saturated rings. The fraction of sp³-hybridized carbons (Fsp3) is 0.214. The molecule has 0 atom stereocenters. The number of nitro groups is 1. The Morgan fingerprint density at radius 1 is 1.42 bits per heavy atom. The molecule has 2 rings (SSSR count). The lowest BCUT2D eigenvalue weighted by molar-refractivity contribution is -0.384. The summed E-state index contributed by atoms with van der Waals surface area (Å²) in [4.78, 5) is 32.7. The summed E-state index contributed by atoms with van der Waals surface area (Å²) in [6.07, 6.45) is 3.39. The number of aryl methyl sites for hydroxylation is 1. The van der Waals surface area contributed by atoms with Crippen LogP contribution in [0.15, 0.2) is 30.6 Å². The van der Waals surface area contributed by atoms with E-state index in [0.29, 0.717) is 18.7 Å². The van der Waals surface area contributed by atoms with Crippen LogP contribution in [0.3, 0.4) is 0 Å². The number of hydrogen-bond acceptors (Lipinski definition) is 5. The van der Waals surface area contributed by atoms with Crippen LogP contribution in [0.25, 0.3) is 0 Å². The van der Waals surface area contributed by atoms with E-state index in [1.807, 2.05) is 0 Å². The second kappa shape index (κ2) is 7.55. The number of aliphatic carboxylic acids is 1. The van der Waals surface area contributed by atoms with Crippen molar-refractivity contribution < 1.29 is 19.6 Å². The molecule has 0 aliphatic heterocycles. The summed E-state index contributed by atoms with van der Waals surface area (Å²) in [7, 11) is 0. The fourth-order valence-electron chi connectivity index (χ4n) is 1.94. The van der Waals surface area contributed by atoms with Crippen LogP contribution >= 0.6 is 11.6 Å². The summed E-state index contributed by atoms with van der Waals surface area (Å²) in [6.45, 7) is 0.397. The van der Waals surface area contributed by atoms with Gasteiger partial charge in [0.15, 0.2) is 0 Å². The van der Waals surface area contributed by atoms with Crippen LogP contribution in [0.4, 0.5) is 11.4 Å². The van der Waals surface area contributed by atoms with Gasteiger partial charge in [0.25, 0.3) is 11.6 Å². The Labute approximate surface area is 141 Å². The number of nitrogens with zero attached hydrogens (tertiary/aromatic N) is 3. The summed E-state index contributed by atoms with van der Waals surface area (Å²) in [5.74, 6) is -1.43. The van der Waals surface area contributed by atoms with Gasteiger partial charge in [0.2, 0.25) is 0 Å². The number of anilines is 1. The number of carboxylic acids is 1. The van der Waals surface area contributed by atoms with E-state index in [1.165, 1.54) is 23.0 Å². The quantitative estimate of drug-likeness (QED) is 0.582. The third kappa shape index (κ3) is 4.53. The molecule has 2 N–H and O–H groups in total. The number of rotatable bonds is 7. The van der Waals surface area contributed by atoms with E-state index in [4.69, 9.17) is 16.7 Å². The van der Waals surface area contributed by atoms with Gasteiger partial charge in [0.05, 0.1) is 16.8 Å². The highest BCUT2D eigenvalue weighted by atomic mass is 35.5. The highest BCUT2D eigenvalue weighted by molar-refractivity contribution is 6.32. The molecule has 10 heteroatoms. The number of aromatic nitrogens is 2. The minimum atomic E-state index is -0.889. The van der Waals surface area contributed by atoms with Crippen LogP contribution in [0.5, 0.6) is 0 Å². The second-order valence-electron chi connectivity index (χ2n) is 4.87. The first-order valence-corrected chi connectivity index (χ1v) is 7.24. The Hall–Kier alpha value is -2.94. The predicted molar refractivity (Wildman–Crippen MR) is 85.2 cm³/mol. The molecule has 0 saturated carbocycles. The highest BCUT2D eigenvalue weighted by Gasteiger charge is 2.16. The van der Waals surface area contributed by atoms with Gasteiger partial charge in [-0.2, -0.15) is 5.10 Å². The van der Waals surface area contributed by atoms with Crippen molar-refractivity contribution in [3.8, 4) is 0 Å². The number of halogens is 1. The number of carbonyl (C=O) groups excluding carboxylic acids is 1. The van der Waals surface area contributed by atoms with Gasteiger partial charge in [-0.15, -0.1) is 0 Å². The Kier molecular flexibility index (Phi) is 5.48. The molecule has 0 bridgehead atoms. The normalized spacial score (nSPS) is 10.4. The molecule has 2 aromatic rings. The standard InChI is InChI=1S/C14H13ClN4O5/c15-11-4-3-9(6-12(11)19(23)24)14(22)17-10-7-16-18(8-10)5-1-2-13(20)21/h3-4,6-8H,1-2,5H2,(H,17,22)(H,20,21). The Morgan fingerprint density at radius 2 is 2.17 bits per heavy atom. The zero-order chi connectivity index (χ0) is 17.7. The van der Waals surface area contributed by atoms with Crippen LogP contribution in [0.1, 0.15) is 23.2 Å². The molecule has 1 heterocycles. The maximum absolute atomic E-state index is 12.1. The average molecular weight is 353 g/mol. The van der Waals surface area contributed by atoms with Gasteiger partial charge in [-0.3, -0.25) is 24.4 Å². The molecule has 0 saturated heterocycles. The fourth-order valence-corrected chi connectivity index (χ4v) is 2.13. The summed E-state index contributed by atoms with van der Waals surface area (Å²) >= 11 is 5.70. The first kappa shape index (κ1) is 17.4. The summed E-state index contributed by atoms with van der Waals surface area (Å²) in [5, 5.41) is 25.9. The summed E-state index contributed by atoms with van der Waals surface area (Å²) in [5.41, 5.74) is 0.131. The van der Waals surface area contributed by atoms with Crippen LogP contribution in [0.2, 0.25) is 5.02 Å². The molecule has 1 aromatic carbocycles. The molecule has 1 aromatic heterocycles. The van der Waals surface area contributed by atoms with Gasteiger partial charge in [-0.05, 0) is 18.6 Å². The minimum absolute atomic E-state index is 0.0238. The SMILES string of the molecule is O=C(O)CCCn1cc(NC(=O)c2ccc(Cl)c([N+](=O)[O-])c2)cn1. The van der Waals surface area contributed by atoms with E-state index >= 15 is 0 Å². The third-order valence-corrected chi connectivity index (χ3v) is 3.39. The number of nitrogens with one attached hydrogen (secondary N) is 1. The topological polar surface area (TPSA) is 127 Å². The highest BCUT2D eigenvalue weighted by Crippen LogP contribution is 2.25. The van der Waals surface area contributed by atoms with Crippen LogP contribution in [-0.2, 0) is 11.3 Å². The molecule has 1 amide bonds. The van der Waals surface area contributed by atoms with Crippen molar-refractivity contribution in [2.24, 2.45) is 0 Å². The molecule has 9 nitrogen and oxygen atoms in total. The van der Waals surface area contributed by atoms with Crippen LogP contribution in [-0.4, -0.2) is 31.7 Å². The van der Waals surface area contributed by atoms with Gasteiger partial charge in [-0.25, -0.2) is 0 Å². The number of amides is 1. The lowest BCUT2D eigenvalue weighted by Crippen LogP contribution is -2.11. The molecule has 0 aliphatic rings. The van der Waals surface area contributed by atoms with Gasteiger partial charge >= 0.3 is 5.97 Å². The van der Waals surface area contributed by atoms with Crippen molar-refractivity contribution in [1.82, 2.24) is 9.78 Å².